The molecule has 1 heterocycles. The fourth-order valence-electron chi connectivity index (χ4n) is 2.72. The van der Waals surface area contributed by atoms with Crippen LogP contribution in [-0.2, 0) is 0 Å². The van der Waals surface area contributed by atoms with Gasteiger partial charge in [0, 0.05) is 22.4 Å². The average Bonchev–Trinajstić information content (AvgIpc) is 2.86. The van der Waals surface area contributed by atoms with Crippen LogP contribution in [0.15, 0.2) is 30.3 Å². The number of anilines is 2. The standard InChI is InChI=1S/C15H19N3S/c1-19-13-5-4-12(9-13)17-15-7-2-10-8-11(16)3-6-14(10)18-15/h2-3,6-8,12-13H,4-5,9,16H2,1H3,(H,17,18). The van der Waals surface area contributed by atoms with Gasteiger partial charge in [0.05, 0.1) is 5.52 Å². The molecule has 19 heavy (non-hydrogen) atoms. The minimum Gasteiger partial charge on any atom is -0.399 e. The molecule has 2 atom stereocenters. The lowest BCUT2D eigenvalue weighted by Crippen LogP contribution is -2.16. The van der Waals surface area contributed by atoms with Crippen molar-refractivity contribution in [3.8, 4) is 0 Å². The van der Waals surface area contributed by atoms with Gasteiger partial charge in [0.15, 0.2) is 0 Å². The van der Waals surface area contributed by atoms with Crippen LogP contribution in [0.1, 0.15) is 19.3 Å². The number of benzene rings is 1. The summed E-state index contributed by atoms with van der Waals surface area (Å²) in [5, 5.41) is 5.46. The molecule has 2 unspecified atom stereocenters. The Balaban J connectivity index is 1.77. The number of fused-ring (bicyclic) bond motifs is 1. The first-order valence-electron chi connectivity index (χ1n) is 6.70. The molecule has 1 aliphatic rings. The summed E-state index contributed by atoms with van der Waals surface area (Å²) >= 11 is 1.98. The van der Waals surface area contributed by atoms with Crippen LogP contribution in [0, 0.1) is 0 Å². The largest absolute Gasteiger partial charge is 0.399 e. The minimum atomic E-state index is 0.566. The number of hydrogen-bond donors (Lipinski definition) is 2. The predicted octanol–water partition coefficient (Wildman–Crippen LogP) is 3.51. The van der Waals surface area contributed by atoms with Crippen LogP contribution >= 0.6 is 11.8 Å². The molecule has 0 amide bonds. The van der Waals surface area contributed by atoms with E-state index in [-0.39, 0.29) is 0 Å². The number of rotatable bonds is 3. The SMILES string of the molecule is CSC1CCC(Nc2ccc3cc(N)ccc3n2)C1. The summed E-state index contributed by atoms with van der Waals surface area (Å²) in [4.78, 5) is 4.66. The molecule has 0 saturated heterocycles. The normalized spacial score (nSPS) is 22.8. The van der Waals surface area contributed by atoms with Gasteiger partial charge in [0.25, 0.3) is 0 Å². The van der Waals surface area contributed by atoms with E-state index in [4.69, 9.17) is 5.73 Å². The summed E-state index contributed by atoms with van der Waals surface area (Å²) in [6.07, 6.45) is 5.99. The van der Waals surface area contributed by atoms with E-state index in [0.717, 1.165) is 27.7 Å². The van der Waals surface area contributed by atoms with Gasteiger partial charge in [-0.2, -0.15) is 11.8 Å². The van der Waals surface area contributed by atoms with Crippen LogP contribution in [0.4, 0.5) is 11.5 Å². The van der Waals surface area contributed by atoms with E-state index >= 15 is 0 Å². The first kappa shape index (κ1) is 12.6. The molecule has 0 radical (unpaired) electrons. The lowest BCUT2D eigenvalue weighted by Gasteiger charge is -2.14. The van der Waals surface area contributed by atoms with Crippen molar-refractivity contribution < 1.29 is 0 Å². The first-order valence-corrected chi connectivity index (χ1v) is 7.99. The van der Waals surface area contributed by atoms with E-state index in [2.05, 4.69) is 22.6 Å². The zero-order valence-electron chi connectivity index (χ0n) is 11.1. The van der Waals surface area contributed by atoms with E-state index in [0.29, 0.717) is 6.04 Å². The molecule has 0 aliphatic heterocycles. The third-order valence-corrected chi connectivity index (χ3v) is 4.88. The molecule has 3 nitrogen and oxygen atoms in total. The number of nitrogens with one attached hydrogen (secondary N) is 1. The van der Waals surface area contributed by atoms with Crippen LogP contribution in [0.25, 0.3) is 10.9 Å². The number of thioether (sulfide) groups is 1. The Morgan fingerprint density at radius 1 is 1.26 bits per heavy atom. The Kier molecular flexibility index (Phi) is 3.51. The van der Waals surface area contributed by atoms with Gasteiger partial charge in [0.2, 0.25) is 0 Å². The molecule has 0 bridgehead atoms. The summed E-state index contributed by atoms with van der Waals surface area (Å²) in [6.45, 7) is 0. The Bertz CT molecular complexity index is 585. The smallest absolute Gasteiger partial charge is 0.126 e. The van der Waals surface area contributed by atoms with Crippen molar-refractivity contribution in [3.63, 3.8) is 0 Å². The van der Waals surface area contributed by atoms with Gasteiger partial charge in [0.1, 0.15) is 5.82 Å². The summed E-state index contributed by atoms with van der Waals surface area (Å²) < 4.78 is 0. The summed E-state index contributed by atoms with van der Waals surface area (Å²) in [7, 11) is 0. The van der Waals surface area contributed by atoms with Crippen LogP contribution in [0.3, 0.4) is 0 Å². The van der Waals surface area contributed by atoms with E-state index in [9.17, 15) is 0 Å². The highest BCUT2D eigenvalue weighted by Gasteiger charge is 2.23. The third-order valence-electron chi connectivity index (χ3n) is 3.78. The fourth-order valence-corrected chi connectivity index (χ4v) is 3.52. The number of hydrogen-bond acceptors (Lipinski definition) is 4. The second kappa shape index (κ2) is 5.29. The van der Waals surface area contributed by atoms with E-state index in [1.165, 1.54) is 19.3 Å². The Morgan fingerprint density at radius 2 is 2.16 bits per heavy atom. The van der Waals surface area contributed by atoms with Gasteiger partial charge >= 0.3 is 0 Å². The highest BCUT2D eigenvalue weighted by molar-refractivity contribution is 7.99. The maximum atomic E-state index is 5.78. The lowest BCUT2D eigenvalue weighted by atomic mass is 10.2. The zero-order valence-corrected chi connectivity index (χ0v) is 11.9. The first-order chi connectivity index (χ1) is 9.24. The van der Waals surface area contributed by atoms with E-state index in [1.807, 2.05) is 36.0 Å². The van der Waals surface area contributed by atoms with Crippen molar-refractivity contribution in [2.75, 3.05) is 17.3 Å². The van der Waals surface area contributed by atoms with Crippen molar-refractivity contribution in [1.29, 1.82) is 0 Å². The van der Waals surface area contributed by atoms with Gasteiger partial charge in [-0.3, -0.25) is 0 Å². The molecule has 1 aromatic heterocycles. The molecule has 2 aromatic rings. The number of aromatic nitrogens is 1. The Morgan fingerprint density at radius 3 is 2.95 bits per heavy atom. The highest BCUT2D eigenvalue weighted by atomic mass is 32.2. The topological polar surface area (TPSA) is 50.9 Å². The maximum Gasteiger partial charge on any atom is 0.126 e. The molecule has 3 N–H and O–H groups in total. The maximum absolute atomic E-state index is 5.78. The monoisotopic (exact) mass is 273 g/mol. The quantitative estimate of drug-likeness (QED) is 0.840. The summed E-state index contributed by atoms with van der Waals surface area (Å²) in [5.41, 5.74) is 7.56. The molecule has 1 saturated carbocycles. The molecule has 1 aliphatic carbocycles. The van der Waals surface area contributed by atoms with E-state index in [1.54, 1.807) is 0 Å². The molecule has 4 heteroatoms. The number of nitrogens with zero attached hydrogens (tertiary/aromatic N) is 1. The Labute approximate surface area is 118 Å². The number of nitrogen functional groups attached to an aromatic ring is 1. The molecule has 0 spiro atoms. The summed E-state index contributed by atoms with van der Waals surface area (Å²) in [6, 6.07) is 10.5. The second-order valence-electron chi connectivity index (χ2n) is 5.16. The van der Waals surface area contributed by atoms with Crippen molar-refractivity contribution >= 4 is 34.2 Å². The van der Waals surface area contributed by atoms with Crippen LogP contribution in [0.2, 0.25) is 0 Å². The molecular formula is C15H19N3S. The van der Waals surface area contributed by atoms with Crippen molar-refractivity contribution in [1.82, 2.24) is 4.98 Å². The molecule has 100 valence electrons. The molecule has 3 rings (SSSR count). The predicted molar refractivity (Wildman–Crippen MR) is 84.7 cm³/mol. The van der Waals surface area contributed by atoms with Crippen molar-refractivity contribution in [2.24, 2.45) is 0 Å². The number of nitrogens with two attached hydrogens (primary N) is 1. The minimum absolute atomic E-state index is 0.566. The third kappa shape index (κ3) is 2.78. The zero-order chi connectivity index (χ0) is 13.2. The van der Waals surface area contributed by atoms with Gasteiger partial charge in [-0.25, -0.2) is 4.98 Å². The molecule has 1 fully saturated rings. The fraction of sp³-hybridized carbons (Fsp3) is 0.400. The Hall–Kier alpha value is -1.42. The second-order valence-corrected chi connectivity index (χ2v) is 6.30. The highest BCUT2D eigenvalue weighted by Crippen LogP contribution is 2.30. The van der Waals surface area contributed by atoms with Crippen molar-refractivity contribution in [2.45, 2.75) is 30.6 Å². The van der Waals surface area contributed by atoms with Gasteiger partial charge < -0.3 is 11.1 Å². The van der Waals surface area contributed by atoms with E-state index < -0.39 is 0 Å². The van der Waals surface area contributed by atoms with Crippen molar-refractivity contribution in [3.05, 3.63) is 30.3 Å². The van der Waals surface area contributed by atoms with Gasteiger partial charge in [-0.1, -0.05) is 0 Å². The van der Waals surface area contributed by atoms with Gasteiger partial charge in [-0.15, -0.1) is 0 Å². The molecule has 1 aromatic carbocycles. The van der Waals surface area contributed by atoms with Crippen LogP contribution < -0.4 is 11.1 Å². The molecular weight excluding hydrogens is 254 g/mol. The number of pyridine rings is 1. The average molecular weight is 273 g/mol. The lowest BCUT2D eigenvalue weighted by molar-refractivity contribution is 0.753. The van der Waals surface area contributed by atoms with Crippen LogP contribution in [0.5, 0.6) is 0 Å². The van der Waals surface area contributed by atoms with Crippen LogP contribution in [-0.4, -0.2) is 22.5 Å². The van der Waals surface area contributed by atoms with Gasteiger partial charge in [-0.05, 0) is 55.9 Å². The summed E-state index contributed by atoms with van der Waals surface area (Å²) in [5.74, 6) is 0.976.